The van der Waals surface area contributed by atoms with Crippen LogP contribution in [0, 0.1) is 4.77 Å². The first-order valence-corrected chi connectivity index (χ1v) is 11.0. The molecule has 4 rings (SSSR count). The van der Waals surface area contributed by atoms with Crippen molar-refractivity contribution in [2.45, 2.75) is 26.1 Å². The quantitative estimate of drug-likeness (QED) is 0.419. The highest BCUT2D eigenvalue weighted by Crippen LogP contribution is 2.25. The molecule has 0 aliphatic heterocycles. The highest BCUT2D eigenvalue weighted by molar-refractivity contribution is 7.71. The molecule has 1 unspecified atom stereocenters. The number of thiophene rings is 1. The van der Waals surface area contributed by atoms with Crippen LogP contribution in [-0.2, 0) is 17.9 Å². The number of aromatic nitrogens is 4. The number of nitrogens with one attached hydrogen (secondary N) is 2. The summed E-state index contributed by atoms with van der Waals surface area (Å²) in [6.07, 6.45) is 1.77. The van der Waals surface area contributed by atoms with E-state index in [9.17, 15) is 9.59 Å². The number of rotatable bonds is 7. The zero-order valence-corrected chi connectivity index (χ0v) is 18.5. The number of hydrogen-bond acceptors (Lipinski definition) is 5. The number of nitrogens with zero attached hydrogens (tertiary/aromatic N) is 3. The van der Waals surface area contributed by atoms with Crippen LogP contribution in [0.3, 0.4) is 0 Å². The van der Waals surface area contributed by atoms with Gasteiger partial charge in [-0.25, -0.2) is 0 Å². The summed E-state index contributed by atoms with van der Waals surface area (Å²) >= 11 is 6.89. The van der Waals surface area contributed by atoms with Gasteiger partial charge in [0.1, 0.15) is 6.04 Å². The second-order valence-electron chi connectivity index (χ2n) is 7.08. The third-order valence-electron chi connectivity index (χ3n) is 4.95. The van der Waals surface area contributed by atoms with Gasteiger partial charge in [-0.05, 0) is 47.8 Å². The molecule has 158 valence electrons. The second-order valence-corrected chi connectivity index (χ2v) is 8.41. The van der Waals surface area contributed by atoms with Crippen LogP contribution in [0.15, 0.2) is 71.0 Å². The van der Waals surface area contributed by atoms with Gasteiger partial charge in [0.05, 0.1) is 11.4 Å². The number of pyridine rings is 1. The summed E-state index contributed by atoms with van der Waals surface area (Å²) < 4.78 is 3.79. The van der Waals surface area contributed by atoms with Crippen LogP contribution >= 0.6 is 23.6 Å². The van der Waals surface area contributed by atoms with E-state index in [0.717, 1.165) is 16.0 Å². The average Bonchev–Trinajstić information content (AvgIpc) is 3.44. The minimum atomic E-state index is -0.507. The summed E-state index contributed by atoms with van der Waals surface area (Å²) in [5.74, 6) is 0.512. The Kier molecular flexibility index (Phi) is 6.24. The maximum absolute atomic E-state index is 12.8. The van der Waals surface area contributed by atoms with Crippen molar-refractivity contribution >= 4 is 29.5 Å². The predicted molar refractivity (Wildman–Crippen MR) is 124 cm³/mol. The fraction of sp³-hybridized carbons (Fsp3) is 0.182. The number of carbonyl (C=O) groups is 1. The van der Waals surface area contributed by atoms with E-state index >= 15 is 0 Å². The van der Waals surface area contributed by atoms with Gasteiger partial charge in [-0.3, -0.25) is 19.3 Å². The molecule has 7 nitrogen and oxygen atoms in total. The van der Waals surface area contributed by atoms with Gasteiger partial charge in [-0.1, -0.05) is 36.4 Å². The largest absolute Gasteiger partial charge is 0.350 e. The SMILES string of the molecule is CC(C(=O)NCc1ccc(Cn2ccccc2=O)cc1)n1c(-c2cccs2)n[nH]c1=S. The van der Waals surface area contributed by atoms with Crippen LogP contribution in [0.4, 0.5) is 0 Å². The fourth-order valence-electron chi connectivity index (χ4n) is 3.25. The van der Waals surface area contributed by atoms with Crippen molar-refractivity contribution in [2.75, 3.05) is 0 Å². The van der Waals surface area contributed by atoms with E-state index < -0.39 is 6.04 Å². The fourth-order valence-corrected chi connectivity index (χ4v) is 4.25. The van der Waals surface area contributed by atoms with Gasteiger partial charge < -0.3 is 9.88 Å². The van der Waals surface area contributed by atoms with Crippen LogP contribution in [0.2, 0.25) is 0 Å². The Morgan fingerprint density at radius 2 is 1.94 bits per heavy atom. The maximum atomic E-state index is 12.8. The Balaban J connectivity index is 1.40. The molecule has 4 aromatic rings. The standard InChI is InChI=1S/C22H21N5O2S2/c1-15(27-20(24-25-22(27)30)18-5-4-12-31-18)21(29)23-13-16-7-9-17(10-8-16)14-26-11-3-2-6-19(26)28/h2-12,15H,13-14H2,1H3,(H,23,29)(H,25,30). The van der Waals surface area contributed by atoms with E-state index in [2.05, 4.69) is 15.5 Å². The van der Waals surface area contributed by atoms with Gasteiger partial charge in [0.25, 0.3) is 5.56 Å². The van der Waals surface area contributed by atoms with E-state index in [1.807, 2.05) is 47.8 Å². The van der Waals surface area contributed by atoms with Gasteiger partial charge in [-0.15, -0.1) is 11.3 Å². The molecule has 3 aromatic heterocycles. The van der Waals surface area contributed by atoms with Crippen molar-refractivity contribution in [3.05, 3.63) is 92.4 Å². The van der Waals surface area contributed by atoms with Gasteiger partial charge in [-0.2, -0.15) is 5.10 Å². The van der Waals surface area contributed by atoms with E-state index in [0.29, 0.717) is 23.7 Å². The Labute approximate surface area is 188 Å². The molecule has 0 radical (unpaired) electrons. The van der Waals surface area contributed by atoms with Crippen LogP contribution in [0.25, 0.3) is 10.7 Å². The van der Waals surface area contributed by atoms with Gasteiger partial charge in [0, 0.05) is 18.8 Å². The molecule has 0 fully saturated rings. The van der Waals surface area contributed by atoms with Crippen LogP contribution in [0.5, 0.6) is 0 Å². The summed E-state index contributed by atoms with van der Waals surface area (Å²) in [5, 5.41) is 12.0. The summed E-state index contributed by atoms with van der Waals surface area (Å²) in [7, 11) is 0. The molecule has 0 aliphatic rings. The van der Waals surface area contributed by atoms with Crippen LogP contribution < -0.4 is 10.9 Å². The van der Waals surface area contributed by atoms with Gasteiger partial charge in [0.2, 0.25) is 5.91 Å². The van der Waals surface area contributed by atoms with E-state index in [1.165, 1.54) is 0 Å². The highest BCUT2D eigenvalue weighted by atomic mass is 32.1. The molecule has 0 aliphatic carbocycles. The first-order valence-electron chi connectivity index (χ1n) is 9.74. The van der Waals surface area contributed by atoms with Crippen molar-refractivity contribution < 1.29 is 4.79 Å². The summed E-state index contributed by atoms with van der Waals surface area (Å²) in [6, 6.07) is 16.3. The van der Waals surface area contributed by atoms with Crippen molar-refractivity contribution in [1.29, 1.82) is 0 Å². The smallest absolute Gasteiger partial charge is 0.250 e. The lowest BCUT2D eigenvalue weighted by molar-refractivity contribution is -0.124. The van der Waals surface area contributed by atoms with Crippen molar-refractivity contribution in [3.8, 4) is 10.7 Å². The minimum absolute atomic E-state index is 0.0346. The number of benzene rings is 1. The molecule has 0 spiro atoms. The first kappa shape index (κ1) is 21.0. The van der Waals surface area contributed by atoms with Gasteiger partial charge >= 0.3 is 0 Å². The molecule has 0 saturated heterocycles. The van der Waals surface area contributed by atoms with Crippen molar-refractivity contribution in [3.63, 3.8) is 0 Å². The molecular formula is C22H21N5O2S2. The zero-order valence-electron chi connectivity index (χ0n) is 16.8. The molecule has 2 N–H and O–H groups in total. The number of H-pyrrole nitrogens is 1. The lowest BCUT2D eigenvalue weighted by atomic mass is 10.1. The summed E-state index contributed by atoms with van der Waals surface area (Å²) in [4.78, 5) is 25.6. The van der Waals surface area contributed by atoms with E-state index in [-0.39, 0.29) is 11.5 Å². The average molecular weight is 452 g/mol. The number of hydrogen-bond donors (Lipinski definition) is 2. The maximum Gasteiger partial charge on any atom is 0.250 e. The van der Waals surface area contributed by atoms with Crippen LogP contribution in [-0.4, -0.2) is 25.2 Å². The molecule has 31 heavy (non-hydrogen) atoms. The summed E-state index contributed by atoms with van der Waals surface area (Å²) in [5.41, 5.74) is 1.95. The number of carbonyl (C=O) groups excluding carboxylic acids is 1. The van der Waals surface area contributed by atoms with Crippen LogP contribution in [0.1, 0.15) is 24.1 Å². The molecule has 3 heterocycles. The Morgan fingerprint density at radius 3 is 2.65 bits per heavy atom. The molecule has 1 amide bonds. The zero-order chi connectivity index (χ0) is 21.8. The molecule has 9 heteroatoms. The monoisotopic (exact) mass is 451 g/mol. The molecule has 0 bridgehead atoms. The summed E-state index contributed by atoms with van der Waals surface area (Å²) in [6.45, 7) is 2.71. The topological polar surface area (TPSA) is 84.7 Å². The van der Waals surface area contributed by atoms with Crippen molar-refractivity contribution in [1.82, 2.24) is 24.6 Å². The molecule has 1 aromatic carbocycles. The minimum Gasteiger partial charge on any atom is -0.350 e. The normalized spacial score (nSPS) is 11.9. The molecular weight excluding hydrogens is 430 g/mol. The first-order chi connectivity index (χ1) is 15.0. The number of amides is 1. The Hall–Kier alpha value is -3.30. The second kappa shape index (κ2) is 9.23. The predicted octanol–water partition coefficient (Wildman–Crippen LogP) is 3.76. The van der Waals surface area contributed by atoms with E-state index in [1.54, 1.807) is 45.7 Å². The Bertz CT molecular complexity index is 1290. The number of aromatic amines is 1. The highest BCUT2D eigenvalue weighted by Gasteiger charge is 2.21. The molecule has 0 saturated carbocycles. The molecule has 1 atom stereocenters. The van der Waals surface area contributed by atoms with E-state index in [4.69, 9.17) is 12.2 Å². The van der Waals surface area contributed by atoms with Gasteiger partial charge in [0.15, 0.2) is 10.6 Å². The van der Waals surface area contributed by atoms with Crippen molar-refractivity contribution in [2.24, 2.45) is 0 Å². The lowest BCUT2D eigenvalue weighted by Crippen LogP contribution is -2.31. The lowest BCUT2D eigenvalue weighted by Gasteiger charge is -2.15. The Morgan fingerprint density at radius 1 is 1.16 bits per heavy atom. The third kappa shape index (κ3) is 4.73. The third-order valence-corrected chi connectivity index (χ3v) is 6.11.